The molecule has 0 fully saturated rings. The van der Waals surface area contributed by atoms with Crippen molar-refractivity contribution in [3.8, 4) is 11.3 Å². The highest BCUT2D eigenvalue weighted by Crippen LogP contribution is 2.22. The van der Waals surface area contributed by atoms with E-state index in [2.05, 4.69) is 10.1 Å². The summed E-state index contributed by atoms with van der Waals surface area (Å²) in [7, 11) is 0. The van der Waals surface area contributed by atoms with Crippen molar-refractivity contribution in [2.45, 2.75) is 0 Å². The molecule has 3 nitrogen and oxygen atoms in total. The van der Waals surface area contributed by atoms with Crippen molar-refractivity contribution in [3.63, 3.8) is 0 Å². The zero-order chi connectivity index (χ0) is 9.97. The van der Waals surface area contributed by atoms with E-state index in [4.69, 9.17) is 11.6 Å². The SMILES string of the molecule is FSn1nccc1-c1ccc(Cl)nc1. The van der Waals surface area contributed by atoms with Crippen LogP contribution in [0.15, 0.2) is 30.6 Å². The van der Waals surface area contributed by atoms with Crippen molar-refractivity contribution >= 4 is 23.9 Å². The van der Waals surface area contributed by atoms with Crippen LogP contribution in [0.3, 0.4) is 0 Å². The molecule has 0 saturated carbocycles. The van der Waals surface area contributed by atoms with E-state index in [0.29, 0.717) is 10.8 Å². The van der Waals surface area contributed by atoms with Gasteiger partial charge in [0.05, 0.1) is 11.9 Å². The van der Waals surface area contributed by atoms with Crippen molar-refractivity contribution in [2.75, 3.05) is 0 Å². The maximum atomic E-state index is 12.4. The van der Waals surface area contributed by atoms with Crippen LogP contribution in [-0.2, 0) is 0 Å². The Morgan fingerprint density at radius 1 is 1.36 bits per heavy atom. The van der Waals surface area contributed by atoms with Gasteiger partial charge >= 0.3 is 0 Å². The lowest BCUT2D eigenvalue weighted by Gasteiger charge is -2.00. The zero-order valence-electron chi connectivity index (χ0n) is 6.89. The van der Waals surface area contributed by atoms with Gasteiger partial charge in [-0.3, -0.25) is 0 Å². The molecule has 2 heterocycles. The van der Waals surface area contributed by atoms with Crippen molar-refractivity contribution in [3.05, 3.63) is 35.7 Å². The third kappa shape index (κ3) is 1.73. The lowest BCUT2D eigenvalue weighted by molar-refractivity contribution is 0.880. The molecule has 6 heteroatoms. The summed E-state index contributed by atoms with van der Waals surface area (Å²) in [5, 5.41) is 4.19. The van der Waals surface area contributed by atoms with Crippen LogP contribution in [0.25, 0.3) is 11.3 Å². The Bertz CT molecular complexity index is 428. The molecular formula is C8H5ClFN3S. The number of nitrogens with zero attached hydrogens (tertiary/aromatic N) is 3. The lowest BCUT2D eigenvalue weighted by Crippen LogP contribution is -1.90. The van der Waals surface area contributed by atoms with E-state index >= 15 is 0 Å². The monoisotopic (exact) mass is 229 g/mol. The van der Waals surface area contributed by atoms with E-state index in [1.165, 1.54) is 10.3 Å². The summed E-state index contributed by atoms with van der Waals surface area (Å²) in [6, 6.07) is 5.12. The average molecular weight is 230 g/mol. The molecule has 0 aliphatic rings. The summed E-state index contributed by atoms with van der Waals surface area (Å²) in [4.78, 5) is 3.90. The van der Waals surface area contributed by atoms with Gasteiger partial charge in [0.15, 0.2) is 12.3 Å². The molecule has 2 aromatic heterocycles. The highest BCUT2D eigenvalue weighted by Gasteiger charge is 2.05. The molecule has 0 atom stereocenters. The summed E-state index contributed by atoms with van der Waals surface area (Å²) in [5.74, 6) is 0. The number of halogens is 2. The Hall–Kier alpha value is -1.07. The summed E-state index contributed by atoms with van der Waals surface area (Å²) in [6.45, 7) is 0. The highest BCUT2D eigenvalue weighted by atomic mass is 35.5. The largest absolute Gasteiger partial charge is 0.244 e. The van der Waals surface area contributed by atoms with Crippen LogP contribution in [0.4, 0.5) is 3.89 Å². The van der Waals surface area contributed by atoms with Gasteiger partial charge in [0.1, 0.15) is 5.15 Å². The molecule has 2 rings (SSSR count). The average Bonchev–Trinajstić information content (AvgIpc) is 2.67. The molecule has 0 saturated heterocycles. The van der Waals surface area contributed by atoms with Gasteiger partial charge in [0, 0.05) is 11.8 Å². The Labute approximate surface area is 89.3 Å². The fourth-order valence-corrected chi connectivity index (χ4v) is 1.52. The van der Waals surface area contributed by atoms with E-state index in [1.807, 2.05) is 0 Å². The minimum absolute atomic E-state index is 0.0459. The molecule has 0 aliphatic heterocycles. The maximum absolute atomic E-state index is 12.4. The molecule has 72 valence electrons. The fraction of sp³-hybridized carbons (Fsp3) is 0. The number of pyridine rings is 1. The molecule has 14 heavy (non-hydrogen) atoms. The van der Waals surface area contributed by atoms with E-state index in [9.17, 15) is 3.89 Å². The molecule has 0 amide bonds. The Morgan fingerprint density at radius 2 is 2.21 bits per heavy atom. The highest BCUT2D eigenvalue weighted by molar-refractivity contribution is 7.92. The van der Waals surface area contributed by atoms with Crippen LogP contribution in [-0.4, -0.2) is 14.2 Å². The van der Waals surface area contributed by atoms with Crippen molar-refractivity contribution in [1.29, 1.82) is 0 Å². The smallest absolute Gasteiger partial charge is 0.188 e. The van der Waals surface area contributed by atoms with Crippen LogP contribution >= 0.6 is 23.9 Å². The maximum Gasteiger partial charge on any atom is 0.188 e. The van der Waals surface area contributed by atoms with Crippen LogP contribution < -0.4 is 0 Å². The quantitative estimate of drug-likeness (QED) is 0.742. The van der Waals surface area contributed by atoms with E-state index < -0.39 is 0 Å². The van der Waals surface area contributed by atoms with Gasteiger partial charge in [-0.2, -0.15) is 9.19 Å². The first kappa shape index (κ1) is 9.48. The standard InChI is InChI=1S/C8H5ClFN3S/c9-8-2-1-6(5-11-8)7-3-4-12-13(7)14-10/h1-5H. The molecule has 0 aromatic carbocycles. The Balaban J connectivity index is 2.44. The van der Waals surface area contributed by atoms with Gasteiger partial charge in [-0.05, 0) is 18.2 Å². The second-order valence-corrected chi connectivity index (χ2v) is 3.40. The number of hydrogen-bond donors (Lipinski definition) is 0. The molecular weight excluding hydrogens is 225 g/mol. The third-order valence-corrected chi connectivity index (χ3v) is 2.34. The van der Waals surface area contributed by atoms with Gasteiger partial charge in [-0.1, -0.05) is 11.6 Å². The number of aromatic nitrogens is 3. The number of rotatable bonds is 2. The minimum atomic E-state index is 0.0459. The second-order valence-electron chi connectivity index (χ2n) is 2.53. The minimum Gasteiger partial charge on any atom is -0.244 e. The number of hydrogen-bond acceptors (Lipinski definition) is 3. The Kier molecular flexibility index (Phi) is 2.69. The van der Waals surface area contributed by atoms with E-state index in [1.54, 1.807) is 24.4 Å². The van der Waals surface area contributed by atoms with E-state index in [-0.39, 0.29) is 12.3 Å². The first-order valence-corrected chi connectivity index (χ1v) is 4.81. The zero-order valence-corrected chi connectivity index (χ0v) is 8.46. The van der Waals surface area contributed by atoms with Gasteiger partial charge in [0.2, 0.25) is 0 Å². The third-order valence-electron chi connectivity index (χ3n) is 1.70. The van der Waals surface area contributed by atoms with Crippen LogP contribution in [0.5, 0.6) is 0 Å². The van der Waals surface area contributed by atoms with Gasteiger partial charge in [-0.25, -0.2) is 4.98 Å². The normalized spacial score (nSPS) is 10.4. The van der Waals surface area contributed by atoms with Gasteiger partial charge < -0.3 is 0 Å². The van der Waals surface area contributed by atoms with Gasteiger partial charge in [0.25, 0.3) is 0 Å². The first-order valence-electron chi connectivity index (χ1n) is 3.76. The van der Waals surface area contributed by atoms with Crippen LogP contribution in [0.1, 0.15) is 0 Å². The molecule has 0 bridgehead atoms. The predicted molar refractivity (Wildman–Crippen MR) is 54.6 cm³/mol. The molecule has 0 radical (unpaired) electrons. The second kappa shape index (κ2) is 3.98. The van der Waals surface area contributed by atoms with E-state index in [0.717, 1.165) is 5.56 Å². The van der Waals surface area contributed by atoms with Crippen molar-refractivity contribution in [1.82, 2.24) is 14.2 Å². The van der Waals surface area contributed by atoms with Crippen LogP contribution in [0.2, 0.25) is 5.15 Å². The topological polar surface area (TPSA) is 30.7 Å². The molecule has 2 aromatic rings. The molecule has 0 N–H and O–H groups in total. The first-order chi connectivity index (χ1) is 6.81. The summed E-state index contributed by atoms with van der Waals surface area (Å²) >= 11 is 5.68. The molecule has 0 unspecified atom stereocenters. The summed E-state index contributed by atoms with van der Waals surface area (Å²) < 4.78 is 13.5. The fourth-order valence-electron chi connectivity index (χ4n) is 1.08. The molecule has 0 spiro atoms. The molecule has 0 aliphatic carbocycles. The predicted octanol–water partition coefficient (Wildman–Crippen LogP) is 2.98. The van der Waals surface area contributed by atoms with Crippen molar-refractivity contribution < 1.29 is 3.89 Å². The Morgan fingerprint density at radius 3 is 2.86 bits per heavy atom. The van der Waals surface area contributed by atoms with Crippen molar-refractivity contribution in [2.24, 2.45) is 0 Å². The summed E-state index contributed by atoms with van der Waals surface area (Å²) in [6.07, 6.45) is 3.10. The van der Waals surface area contributed by atoms with Crippen LogP contribution in [0, 0.1) is 0 Å². The lowest BCUT2D eigenvalue weighted by atomic mass is 10.2. The van der Waals surface area contributed by atoms with Gasteiger partial charge in [-0.15, -0.1) is 3.89 Å². The summed E-state index contributed by atoms with van der Waals surface area (Å²) in [5.41, 5.74) is 1.43.